The van der Waals surface area contributed by atoms with Gasteiger partial charge in [0.25, 0.3) is 5.91 Å². The molecular formula is C21H23N5O3S. The van der Waals surface area contributed by atoms with Crippen LogP contribution in [0.25, 0.3) is 11.4 Å². The Hall–Kier alpha value is -3.20. The Kier molecular flexibility index (Phi) is 6.08. The second kappa shape index (κ2) is 9.08. The number of likely N-dealkylation sites (tertiary alicyclic amines) is 1. The van der Waals surface area contributed by atoms with Gasteiger partial charge in [0.15, 0.2) is 5.82 Å². The van der Waals surface area contributed by atoms with Crippen molar-refractivity contribution in [2.75, 3.05) is 20.2 Å². The van der Waals surface area contributed by atoms with E-state index < -0.39 is 0 Å². The van der Waals surface area contributed by atoms with Crippen molar-refractivity contribution in [2.45, 2.75) is 19.4 Å². The molecule has 1 fully saturated rings. The molecule has 3 heterocycles. The van der Waals surface area contributed by atoms with E-state index in [-0.39, 0.29) is 24.3 Å². The molecule has 0 spiro atoms. The first-order valence-corrected chi connectivity index (χ1v) is 10.7. The Balaban J connectivity index is 1.32. The van der Waals surface area contributed by atoms with Gasteiger partial charge in [-0.2, -0.15) is 5.10 Å². The lowest BCUT2D eigenvalue weighted by atomic mass is 9.97. The number of hydrogen-bond acceptors (Lipinski definition) is 6. The Morgan fingerprint density at radius 1 is 1.30 bits per heavy atom. The van der Waals surface area contributed by atoms with E-state index in [1.54, 1.807) is 12.0 Å². The number of ether oxygens (including phenoxy) is 1. The Morgan fingerprint density at radius 3 is 2.87 bits per heavy atom. The maximum Gasteiger partial charge on any atom is 0.263 e. The van der Waals surface area contributed by atoms with E-state index >= 15 is 0 Å². The zero-order valence-corrected chi connectivity index (χ0v) is 17.4. The highest BCUT2D eigenvalue weighted by Crippen LogP contribution is 2.21. The molecule has 30 heavy (non-hydrogen) atoms. The number of H-pyrrole nitrogens is 1. The van der Waals surface area contributed by atoms with Crippen LogP contribution in [0.3, 0.4) is 0 Å². The molecule has 4 rings (SSSR count). The molecule has 1 aliphatic heterocycles. The topological polar surface area (TPSA) is 100 Å². The number of hydrogen-bond donors (Lipinski definition) is 2. The molecule has 0 aliphatic carbocycles. The molecule has 0 bridgehead atoms. The van der Waals surface area contributed by atoms with Gasteiger partial charge in [0.05, 0.1) is 24.4 Å². The number of piperidine rings is 1. The van der Waals surface area contributed by atoms with Crippen molar-refractivity contribution >= 4 is 23.2 Å². The summed E-state index contributed by atoms with van der Waals surface area (Å²) >= 11 is 1.43. The molecule has 1 unspecified atom stereocenters. The highest BCUT2D eigenvalue weighted by Gasteiger charge is 2.29. The van der Waals surface area contributed by atoms with E-state index in [4.69, 9.17) is 4.74 Å². The van der Waals surface area contributed by atoms with Crippen LogP contribution >= 0.6 is 11.3 Å². The van der Waals surface area contributed by atoms with E-state index in [2.05, 4.69) is 20.5 Å². The summed E-state index contributed by atoms with van der Waals surface area (Å²) in [6.45, 7) is 1.39. The number of methoxy groups -OCH3 is 1. The molecule has 3 aromatic rings. The number of amides is 2. The summed E-state index contributed by atoms with van der Waals surface area (Å²) in [6, 6.07) is 11.1. The number of aromatic amines is 1. The molecule has 1 atom stereocenters. The predicted molar refractivity (Wildman–Crippen MR) is 113 cm³/mol. The van der Waals surface area contributed by atoms with Gasteiger partial charge >= 0.3 is 0 Å². The molecule has 8 nitrogen and oxygen atoms in total. The van der Waals surface area contributed by atoms with Crippen LogP contribution < -0.4 is 10.1 Å². The number of nitrogens with zero attached hydrogens (tertiary/aromatic N) is 3. The van der Waals surface area contributed by atoms with Gasteiger partial charge in [-0.05, 0) is 48.6 Å². The van der Waals surface area contributed by atoms with Crippen molar-refractivity contribution in [2.24, 2.45) is 5.92 Å². The summed E-state index contributed by atoms with van der Waals surface area (Å²) in [4.78, 5) is 32.1. The number of aromatic nitrogens is 3. The Labute approximate surface area is 178 Å². The minimum Gasteiger partial charge on any atom is -0.497 e. The standard InChI is InChI=1S/C21H23N5O3S/c1-29-16-8-6-14(7-9-16)19-23-18(24-25-19)12-22-20(27)15-4-2-10-26(13-15)21(28)17-5-3-11-30-17/h3,5-9,11,15H,2,4,10,12-13H2,1H3,(H,22,27)(H,23,24,25). The van der Waals surface area contributed by atoms with Crippen LogP contribution in [0, 0.1) is 5.92 Å². The van der Waals surface area contributed by atoms with Crippen LogP contribution in [0.5, 0.6) is 5.75 Å². The largest absolute Gasteiger partial charge is 0.497 e. The highest BCUT2D eigenvalue weighted by atomic mass is 32.1. The van der Waals surface area contributed by atoms with Gasteiger partial charge in [-0.3, -0.25) is 14.7 Å². The minimum absolute atomic E-state index is 0.00173. The molecule has 0 saturated carbocycles. The summed E-state index contributed by atoms with van der Waals surface area (Å²) in [5, 5.41) is 11.9. The van der Waals surface area contributed by atoms with Gasteiger partial charge in [0.1, 0.15) is 11.6 Å². The fourth-order valence-electron chi connectivity index (χ4n) is 3.49. The normalized spacial score (nSPS) is 16.3. The first-order valence-electron chi connectivity index (χ1n) is 9.80. The van der Waals surface area contributed by atoms with Crippen LogP contribution in [-0.2, 0) is 11.3 Å². The van der Waals surface area contributed by atoms with Crippen molar-refractivity contribution in [3.8, 4) is 17.1 Å². The number of thiophene rings is 1. The zero-order valence-electron chi connectivity index (χ0n) is 16.6. The average Bonchev–Trinajstić information content (AvgIpc) is 3.49. The molecule has 1 saturated heterocycles. The van der Waals surface area contributed by atoms with E-state index in [9.17, 15) is 9.59 Å². The van der Waals surface area contributed by atoms with Crippen LogP contribution in [0.2, 0.25) is 0 Å². The molecule has 1 aliphatic rings. The molecule has 2 amide bonds. The van der Waals surface area contributed by atoms with Crippen molar-refractivity contribution in [3.63, 3.8) is 0 Å². The van der Waals surface area contributed by atoms with Crippen LogP contribution in [0.4, 0.5) is 0 Å². The third-order valence-electron chi connectivity index (χ3n) is 5.12. The van der Waals surface area contributed by atoms with Gasteiger partial charge in [-0.25, -0.2) is 4.98 Å². The van der Waals surface area contributed by atoms with Crippen LogP contribution in [0.15, 0.2) is 41.8 Å². The average molecular weight is 426 g/mol. The van der Waals surface area contributed by atoms with Crippen molar-refractivity contribution in [3.05, 3.63) is 52.5 Å². The lowest BCUT2D eigenvalue weighted by Crippen LogP contribution is -2.45. The number of carbonyl (C=O) groups is 2. The number of carbonyl (C=O) groups excluding carboxylic acids is 2. The van der Waals surface area contributed by atoms with Crippen LogP contribution in [-0.4, -0.2) is 52.1 Å². The Morgan fingerprint density at radius 2 is 2.13 bits per heavy atom. The van der Waals surface area contributed by atoms with E-state index in [1.807, 2.05) is 41.8 Å². The van der Waals surface area contributed by atoms with E-state index in [1.165, 1.54) is 11.3 Å². The van der Waals surface area contributed by atoms with E-state index in [0.717, 1.165) is 24.2 Å². The highest BCUT2D eigenvalue weighted by molar-refractivity contribution is 7.12. The fourth-order valence-corrected chi connectivity index (χ4v) is 4.18. The first kappa shape index (κ1) is 20.1. The lowest BCUT2D eigenvalue weighted by molar-refractivity contribution is -0.126. The van der Waals surface area contributed by atoms with Gasteiger partial charge in [0.2, 0.25) is 5.91 Å². The van der Waals surface area contributed by atoms with Crippen molar-refractivity contribution in [1.29, 1.82) is 0 Å². The third kappa shape index (κ3) is 4.51. The summed E-state index contributed by atoms with van der Waals surface area (Å²) in [5.41, 5.74) is 0.861. The quantitative estimate of drug-likeness (QED) is 0.633. The van der Waals surface area contributed by atoms with Gasteiger partial charge in [-0.1, -0.05) is 6.07 Å². The molecule has 2 aromatic heterocycles. The summed E-state index contributed by atoms with van der Waals surface area (Å²) in [6.07, 6.45) is 1.59. The third-order valence-corrected chi connectivity index (χ3v) is 5.98. The Bertz CT molecular complexity index is 1000. The molecule has 156 valence electrons. The van der Waals surface area contributed by atoms with Gasteiger partial charge < -0.3 is 15.0 Å². The summed E-state index contributed by atoms with van der Waals surface area (Å²) in [5.74, 6) is 1.62. The molecule has 0 radical (unpaired) electrons. The smallest absolute Gasteiger partial charge is 0.263 e. The second-order valence-corrected chi connectivity index (χ2v) is 8.07. The van der Waals surface area contributed by atoms with Crippen LogP contribution in [0.1, 0.15) is 28.3 Å². The fraction of sp³-hybridized carbons (Fsp3) is 0.333. The summed E-state index contributed by atoms with van der Waals surface area (Å²) < 4.78 is 5.16. The first-order chi connectivity index (χ1) is 14.6. The lowest BCUT2D eigenvalue weighted by Gasteiger charge is -2.31. The maximum absolute atomic E-state index is 12.7. The summed E-state index contributed by atoms with van der Waals surface area (Å²) in [7, 11) is 1.62. The van der Waals surface area contributed by atoms with Crippen molar-refractivity contribution in [1.82, 2.24) is 25.4 Å². The van der Waals surface area contributed by atoms with Crippen molar-refractivity contribution < 1.29 is 14.3 Å². The zero-order chi connectivity index (χ0) is 20.9. The van der Waals surface area contributed by atoms with E-state index in [0.29, 0.717) is 29.6 Å². The maximum atomic E-state index is 12.7. The molecule has 1 aromatic carbocycles. The second-order valence-electron chi connectivity index (χ2n) is 7.12. The molecule has 9 heteroatoms. The number of rotatable bonds is 6. The van der Waals surface area contributed by atoms with Gasteiger partial charge in [0, 0.05) is 18.7 Å². The SMILES string of the molecule is COc1ccc(-c2n[nH]c(CNC(=O)C3CCCN(C(=O)c4cccs4)C3)n2)cc1. The monoisotopic (exact) mass is 425 g/mol. The number of nitrogens with one attached hydrogen (secondary N) is 2. The number of benzene rings is 1. The molecule has 2 N–H and O–H groups in total. The predicted octanol–water partition coefficient (Wildman–Crippen LogP) is 2.71. The van der Waals surface area contributed by atoms with Gasteiger partial charge in [-0.15, -0.1) is 11.3 Å². The molecular weight excluding hydrogens is 402 g/mol. The minimum atomic E-state index is -0.216.